The lowest BCUT2D eigenvalue weighted by Crippen LogP contribution is -2.49. The van der Waals surface area contributed by atoms with Gasteiger partial charge in [-0.3, -0.25) is 14.4 Å². The van der Waals surface area contributed by atoms with Gasteiger partial charge in [0.05, 0.1) is 11.6 Å². The molecule has 0 bridgehead atoms. The van der Waals surface area contributed by atoms with E-state index in [4.69, 9.17) is 26.5 Å². The van der Waals surface area contributed by atoms with Crippen molar-refractivity contribution in [1.29, 1.82) is 0 Å². The Balaban J connectivity index is 1.33. The van der Waals surface area contributed by atoms with Crippen LogP contribution in [0.5, 0.6) is 0 Å². The number of hydrogen-bond donors (Lipinski definition) is 3. The number of pyridine rings is 2. The normalized spacial score (nSPS) is 20.4. The highest BCUT2D eigenvalue weighted by atomic mass is 35.5. The number of rotatable bonds is 5. The highest BCUT2D eigenvalue weighted by Gasteiger charge is 2.34. The molecule has 1 saturated carbocycles. The molecule has 36 heavy (non-hydrogen) atoms. The highest BCUT2D eigenvalue weighted by molar-refractivity contribution is 6.30. The van der Waals surface area contributed by atoms with E-state index in [1.54, 1.807) is 24.3 Å². The molecule has 4 heterocycles. The fourth-order valence-electron chi connectivity index (χ4n) is 4.68. The number of ether oxygens (including phenoxy) is 1. The second kappa shape index (κ2) is 10.1. The minimum atomic E-state index is -0.605. The van der Waals surface area contributed by atoms with E-state index in [0.717, 1.165) is 12.8 Å². The summed E-state index contributed by atoms with van der Waals surface area (Å²) in [5, 5.41) is 5.92. The van der Waals surface area contributed by atoms with Crippen molar-refractivity contribution in [3.05, 3.63) is 41.2 Å². The number of hydrogen-bond acceptors (Lipinski definition) is 8. The molecule has 12 heteroatoms. The second-order valence-electron chi connectivity index (χ2n) is 8.84. The summed E-state index contributed by atoms with van der Waals surface area (Å²) in [6.07, 6.45) is 4.07. The molecule has 0 spiro atoms. The minimum Gasteiger partial charge on any atom is -0.447 e. The average Bonchev–Trinajstić information content (AvgIpc) is 3.23. The van der Waals surface area contributed by atoms with E-state index < -0.39 is 5.91 Å². The third kappa shape index (κ3) is 4.98. The van der Waals surface area contributed by atoms with Crippen LogP contribution in [0, 0.1) is 5.92 Å². The number of fused-ring (bicyclic) bond motifs is 1. The van der Waals surface area contributed by atoms with Crippen molar-refractivity contribution < 1.29 is 23.5 Å². The second-order valence-corrected chi connectivity index (χ2v) is 9.28. The lowest BCUT2D eigenvalue weighted by Gasteiger charge is -2.38. The van der Waals surface area contributed by atoms with E-state index in [1.807, 2.05) is 4.90 Å². The first-order valence-electron chi connectivity index (χ1n) is 11.7. The number of halogens is 1. The molecule has 188 valence electrons. The summed E-state index contributed by atoms with van der Waals surface area (Å²) in [5.41, 5.74) is 6.60. The number of nitrogens with two attached hydrogens (primary N) is 1. The molecule has 3 aromatic rings. The van der Waals surface area contributed by atoms with Crippen molar-refractivity contribution in [3.8, 4) is 0 Å². The first kappa shape index (κ1) is 24.0. The van der Waals surface area contributed by atoms with Gasteiger partial charge in [-0.2, -0.15) is 0 Å². The number of aromatic nitrogens is 2. The third-order valence-electron chi connectivity index (χ3n) is 6.51. The van der Waals surface area contributed by atoms with Crippen molar-refractivity contribution >= 4 is 57.7 Å². The summed E-state index contributed by atoms with van der Waals surface area (Å²) < 4.78 is 11.0. The molecular weight excluding hydrogens is 488 g/mol. The molecule has 1 saturated heterocycles. The Morgan fingerprint density at radius 3 is 2.64 bits per heavy atom. The Kier molecular flexibility index (Phi) is 6.75. The van der Waals surface area contributed by atoms with Crippen molar-refractivity contribution in [2.75, 3.05) is 36.1 Å². The molecule has 4 N–H and O–H groups in total. The van der Waals surface area contributed by atoms with Gasteiger partial charge in [0.2, 0.25) is 17.6 Å². The molecule has 2 aliphatic rings. The summed E-state index contributed by atoms with van der Waals surface area (Å²) in [5.74, 6) is -0.753. The Hall–Kier alpha value is -3.70. The number of amides is 3. The monoisotopic (exact) mass is 512 g/mol. The quantitative estimate of drug-likeness (QED) is 0.471. The Morgan fingerprint density at radius 1 is 1.11 bits per heavy atom. The predicted molar refractivity (Wildman–Crippen MR) is 133 cm³/mol. The lowest BCUT2D eigenvalue weighted by atomic mass is 9.84. The van der Waals surface area contributed by atoms with Gasteiger partial charge in [-0.05, 0) is 49.9 Å². The largest absolute Gasteiger partial charge is 0.447 e. The number of nitrogens with one attached hydrogen (secondary N) is 2. The molecule has 3 amide bonds. The zero-order valence-electron chi connectivity index (χ0n) is 19.3. The maximum Gasteiger partial charge on any atom is 0.294 e. The fourth-order valence-corrected chi connectivity index (χ4v) is 4.79. The number of nitrogen functional groups attached to an aromatic ring is 1. The molecular formula is C24H25ClN6O5. The molecule has 2 fully saturated rings. The van der Waals surface area contributed by atoms with Crippen LogP contribution in [0.15, 0.2) is 34.9 Å². The van der Waals surface area contributed by atoms with Crippen LogP contribution in [0.2, 0.25) is 5.02 Å². The van der Waals surface area contributed by atoms with Gasteiger partial charge >= 0.3 is 0 Å². The van der Waals surface area contributed by atoms with E-state index in [2.05, 4.69) is 20.6 Å². The van der Waals surface area contributed by atoms with E-state index in [9.17, 15) is 14.4 Å². The van der Waals surface area contributed by atoms with Crippen molar-refractivity contribution in [1.82, 2.24) is 14.9 Å². The molecule has 0 unspecified atom stereocenters. The molecule has 3 aromatic heterocycles. The summed E-state index contributed by atoms with van der Waals surface area (Å²) in [6.45, 7) is 1.22. The topological polar surface area (TPSA) is 153 Å². The number of carbonyl (C=O) groups excluding carboxylic acids is 3. The van der Waals surface area contributed by atoms with Gasteiger partial charge in [-0.25, -0.2) is 9.97 Å². The van der Waals surface area contributed by atoms with Crippen molar-refractivity contribution in [2.45, 2.75) is 31.7 Å². The van der Waals surface area contributed by atoms with Crippen LogP contribution < -0.4 is 16.4 Å². The van der Waals surface area contributed by atoms with Crippen LogP contribution >= 0.6 is 11.6 Å². The van der Waals surface area contributed by atoms with Gasteiger partial charge in [0.25, 0.3) is 5.91 Å². The molecule has 1 aliphatic heterocycles. The third-order valence-corrected chi connectivity index (χ3v) is 6.73. The van der Waals surface area contributed by atoms with Gasteiger partial charge in [-0.15, -0.1) is 0 Å². The van der Waals surface area contributed by atoms with Crippen LogP contribution in [0.1, 0.15) is 36.2 Å². The van der Waals surface area contributed by atoms with Crippen LogP contribution in [-0.2, 0) is 14.3 Å². The van der Waals surface area contributed by atoms with Gasteiger partial charge in [0.15, 0.2) is 5.58 Å². The van der Waals surface area contributed by atoms with Gasteiger partial charge in [0, 0.05) is 24.7 Å². The van der Waals surface area contributed by atoms with E-state index in [0.29, 0.717) is 36.6 Å². The van der Waals surface area contributed by atoms with Crippen molar-refractivity contribution in [3.63, 3.8) is 0 Å². The minimum absolute atomic E-state index is 0.00601. The summed E-state index contributed by atoms with van der Waals surface area (Å²) in [7, 11) is 0. The molecule has 0 aromatic carbocycles. The van der Waals surface area contributed by atoms with Crippen molar-refractivity contribution in [2.24, 2.45) is 5.92 Å². The van der Waals surface area contributed by atoms with E-state index in [-0.39, 0.29) is 59.0 Å². The molecule has 1 aliphatic carbocycles. The number of morpholine rings is 1. The molecule has 5 rings (SSSR count). The first-order valence-corrected chi connectivity index (χ1v) is 12.1. The van der Waals surface area contributed by atoms with Gasteiger partial charge in [0.1, 0.15) is 29.4 Å². The maximum absolute atomic E-state index is 13.2. The van der Waals surface area contributed by atoms with E-state index in [1.165, 1.54) is 6.20 Å². The number of nitrogens with zero attached hydrogens (tertiary/aromatic N) is 3. The molecule has 0 radical (unpaired) electrons. The van der Waals surface area contributed by atoms with E-state index >= 15 is 0 Å². The number of carbonyl (C=O) groups is 3. The fraction of sp³-hybridized carbons (Fsp3) is 0.375. The SMILES string of the molecule is Nc1ccc2oc(C(=O)Nc3ccc(Cl)cn3)c(NC(=O)[C@H]3CC[C@H](N4CCOCC4=O)CC3)c2n1. The standard InChI is InChI=1S/C24H25ClN6O5/c25-14-3-8-18(27-11-14)29-24(34)22-21(20-16(36-22)6-7-17(26)28-20)30-23(33)13-1-4-15(5-2-13)31-9-10-35-12-19(31)32/h3,6-8,11,13,15H,1-2,4-5,9-10,12H2,(H2,26,28)(H,30,33)(H,27,29,34)/t13-,15-. The van der Waals surface area contributed by atoms with Crippen LogP contribution in [0.3, 0.4) is 0 Å². The summed E-state index contributed by atoms with van der Waals surface area (Å²) >= 11 is 5.86. The van der Waals surface area contributed by atoms with Crippen LogP contribution in [0.25, 0.3) is 11.1 Å². The van der Waals surface area contributed by atoms with Crippen LogP contribution in [0.4, 0.5) is 17.3 Å². The zero-order valence-corrected chi connectivity index (χ0v) is 20.1. The predicted octanol–water partition coefficient (Wildman–Crippen LogP) is 3.07. The first-order chi connectivity index (χ1) is 17.4. The highest BCUT2D eigenvalue weighted by Crippen LogP contribution is 2.34. The zero-order chi connectivity index (χ0) is 25.2. The van der Waals surface area contributed by atoms with Gasteiger partial charge in [-0.1, -0.05) is 11.6 Å². The molecule has 0 atom stereocenters. The Morgan fingerprint density at radius 2 is 1.92 bits per heavy atom. The lowest BCUT2D eigenvalue weighted by molar-refractivity contribution is -0.146. The molecule has 11 nitrogen and oxygen atoms in total. The summed E-state index contributed by atoms with van der Waals surface area (Å²) in [4.78, 5) is 48.7. The Bertz CT molecular complexity index is 1300. The maximum atomic E-state index is 13.2. The number of anilines is 3. The Labute approximate surface area is 211 Å². The smallest absolute Gasteiger partial charge is 0.294 e. The van der Waals surface area contributed by atoms with Gasteiger partial charge < -0.3 is 30.4 Å². The van der Waals surface area contributed by atoms with Crippen LogP contribution in [-0.4, -0.2) is 58.4 Å². The summed E-state index contributed by atoms with van der Waals surface area (Å²) in [6, 6.07) is 6.39. The number of furan rings is 1. The average molecular weight is 513 g/mol.